The largest absolute Gasteiger partial charge is 0.310 e. The molecule has 0 bridgehead atoms. The molecule has 112 valence electrons. The van der Waals surface area contributed by atoms with Gasteiger partial charge in [-0.15, -0.1) is 0 Å². The van der Waals surface area contributed by atoms with Gasteiger partial charge in [0.25, 0.3) is 0 Å². The summed E-state index contributed by atoms with van der Waals surface area (Å²) >= 11 is 0. The monoisotopic (exact) mass is 273 g/mol. The topological polar surface area (TPSA) is 12.0 Å². The van der Waals surface area contributed by atoms with Gasteiger partial charge in [-0.05, 0) is 48.8 Å². The average molecular weight is 273 g/mol. The lowest BCUT2D eigenvalue weighted by Crippen LogP contribution is -2.36. The van der Waals surface area contributed by atoms with Crippen molar-refractivity contribution in [1.82, 2.24) is 5.32 Å². The Morgan fingerprint density at radius 1 is 1.15 bits per heavy atom. The molecule has 1 fully saturated rings. The van der Waals surface area contributed by atoms with Gasteiger partial charge in [-0.2, -0.15) is 0 Å². The molecule has 1 atom stereocenters. The van der Waals surface area contributed by atoms with Gasteiger partial charge >= 0.3 is 0 Å². The zero-order valence-electron chi connectivity index (χ0n) is 13.5. The van der Waals surface area contributed by atoms with E-state index >= 15 is 0 Å². The zero-order valence-corrected chi connectivity index (χ0v) is 13.5. The molecule has 1 aromatic rings. The molecule has 0 saturated heterocycles. The molecule has 0 aliphatic heterocycles. The molecule has 1 saturated carbocycles. The molecule has 1 aromatic carbocycles. The Kier molecular flexibility index (Phi) is 5.65. The van der Waals surface area contributed by atoms with Crippen molar-refractivity contribution in [1.29, 1.82) is 0 Å². The molecule has 1 unspecified atom stereocenters. The third-order valence-electron chi connectivity index (χ3n) is 5.15. The molecular formula is C19H31N. The van der Waals surface area contributed by atoms with Crippen LogP contribution in [-0.4, -0.2) is 6.54 Å². The first-order chi connectivity index (χ1) is 9.75. The van der Waals surface area contributed by atoms with Crippen molar-refractivity contribution in [3.63, 3.8) is 0 Å². The van der Waals surface area contributed by atoms with E-state index in [2.05, 4.69) is 50.4 Å². The summed E-state index contributed by atoms with van der Waals surface area (Å²) in [6.45, 7) is 7.94. The molecule has 1 nitrogen and oxygen atoms in total. The Labute approximate surface area is 125 Å². The second-order valence-electron chi connectivity index (χ2n) is 6.41. The standard InChI is InChI=1S/C19H31N/c1-4-10-16-11-9-12-17(15-16)18(20-6-3)19(5-2)13-7-8-14-19/h9,11-12,15,18,20H,4-8,10,13-14H2,1-3H3. The summed E-state index contributed by atoms with van der Waals surface area (Å²) in [4.78, 5) is 0. The van der Waals surface area contributed by atoms with Crippen LogP contribution in [0.4, 0.5) is 0 Å². The lowest BCUT2D eigenvalue weighted by Gasteiger charge is -2.38. The van der Waals surface area contributed by atoms with E-state index < -0.39 is 0 Å². The van der Waals surface area contributed by atoms with E-state index in [-0.39, 0.29) is 0 Å². The number of benzene rings is 1. The average Bonchev–Trinajstić information content (AvgIpc) is 2.95. The molecule has 0 aromatic heterocycles. The maximum Gasteiger partial charge on any atom is 0.0377 e. The van der Waals surface area contributed by atoms with Crippen molar-refractivity contribution in [2.75, 3.05) is 6.54 Å². The number of aryl methyl sites for hydroxylation is 1. The van der Waals surface area contributed by atoms with Gasteiger partial charge in [-0.1, -0.05) is 64.3 Å². The second-order valence-corrected chi connectivity index (χ2v) is 6.41. The van der Waals surface area contributed by atoms with Crippen LogP contribution in [0.2, 0.25) is 0 Å². The van der Waals surface area contributed by atoms with E-state index in [1.54, 1.807) is 0 Å². The number of nitrogens with one attached hydrogen (secondary N) is 1. The number of rotatable bonds is 7. The summed E-state index contributed by atoms with van der Waals surface area (Å²) in [5.74, 6) is 0. The van der Waals surface area contributed by atoms with Crippen LogP contribution in [0.3, 0.4) is 0 Å². The summed E-state index contributed by atoms with van der Waals surface area (Å²) in [7, 11) is 0. The Bertz CT molecular complexity index is 404. The van der Waals surface area contributed by atoms with Crippen molar-refractivity contribution in [3.8, 4) is 0 Å². The third-order valence-corrected chi connectivity index (χ3v) is 5.15. The quantitative estimate of drug-likeness (QED) is 0.714. The highest BCUT2D eigenvalue weighted by Gasteiger charge is 2.40. The van der Waals surface area contributed by atoms with Crippen LogP contribution in [0.25, 0.3) is 0 Å². The molecule has 20 heavy (non-hydrogen) atoms. The molecule has 0 radical (unpaired) electrons. The van der Waals surface area contributed by atoms with Gasteiger partial charge in [0.1, 0.15) is 0 Å². The predicted octanol–water partition coefficient (Wildman–Crippen LogP) is 5.26. The van der Waals surface area contributed by atoms with Gasteiger partial charge in [0.15, 0.2) is 0 Å². The van der Waals surface area contributed by atoms with Crippen LogP contribution >= 0.6 is 0 Å². The van der Waals surface area contributed by atoms with Gasteiger partial charge in [0, 0.05) is 6.04 Å². The molecule has 1 aliphatic carbocycles. The van der Waals surface area contributed by atoms with Crippen LogP contribution in [-0.2, 0) is 6.42 Å². The summed E-state index contributed by atoms with van der Waals surface area (Å²) in [5.41, 5.74) is 3.50. The molecule has 2 rings (SSSR count). The van der Waals surface area contributed by atoms with Crippen molar-refractivity contribution < 1.29 is 0 Å². The first kappa shape index (κ1) is 15.6. The van der Waals surface area contributed by atoms with Crippen molar-refractivity contribution in [3.05, 3.63) is 35.4 Å². The van der Waals surface area contributed by atoms with Gasteiger partial charge in [-0.3, -0.25) is 0 Å². The van der Waals surface area contributed by atoms with Gasteiger partial charge < -0.3 is 5.32 Å². The Balaban J connectivity index is 2.29. The van der Waals surface area contributed by atoms with Crippen LogP contribution in [0.15, 0.2) is 24.3 Å². The maximum absolute atomic E-state index is 3.80. The van der Waals surface area contributed by atoms with Crippen molar-refractivity contribution in [2.24, 2.45) is 5.41 Å². The van der Waals surface area contributed by atoms with E-state index in [1.807, 2.05) is 0 Å². The molecule has 1 aliphatic rings. The van der Waals surface area contributed by atoms with Crippen LogP contribution in [0.5, 0.6) is 0 Å². The Morgan fingerprint density at radius 3 is 2.50 bits per heavy atom. The number of hydrogen-bond donors (Lipinski definition) is 1. The smallest absolute Gasteiger partial charge is 0.0377 e. The second kappa shape index (κ2) is 7.26. The highest BCUT2D eigenvalue weighted by Crippen LogP contribution is 2.50. The van der Waals surface area contributed by atoms with Gasteiger partial charge in [0.2, 0.25) is 0 Å². The summed E-state index contributed by atoms with van der Waals surface area (Å²) in [6.07, 6.45) is 9.32. The fourth-order valence-corrected chi connectivity index (χ4v) is 4.03. The molecule has 1 N–H and O–H groups in total. The van der Waals surface area contributed by atoms with E-state index in [9.17, 15) is 0 Å². The van der Waals surface area contributed by atoms with Crippen LogP contribution in [0, 0.1) is 5.41 Å². The van der Waals surface area contributed by atoms with Crippen molar-refractivity contribution in [2.45, 2.75) is 71.8 Å². The molecule has 0 spiro atoms. The lowest BCUT2D eigenvalue weighted by molar-refractivity contribution is 0.189. The van der Waals surface area contributed by atoms with E-state index in [1.165, 1.54) is 56.1 Å². The zero-order chi connectivity index (χ0) is 14.4. The molecular weight excluding hydrogens is 242 g/mol. The summed E-state index contributed by atoms with van der Waals surface area (Å²) in [6, 6.07) is 9.86. The van der Waals surface area contributed by atoms with Gasteiger partial charge in [0.05, 0.1) is 0 Å². The third kappa shape index (κ3) is 3.25. The van der Waals surface area contributed by atoms with Crippen LogP contribution < -0.4 is 5.32 Å². The summed E-state index contributed by atoms with van der Waals surface area (Å²) in [5, 5.41) is 3.80. The minimum absolute atomic E-state index is 0.487. The predicted molar refractivity (Wildman–Crippen MR) is 88.0 cm³/mol. The van der Waals surface area contributed by atoms with E-state index in [0.717, 1.165) is 6.54 Å². The molecule has 0 amide bonds. The molecule has 1 heteroatoms. The van der Waals surface area contributed by atoms with E-state index in [0.29, 0.717) is 11.5 Å². The minimum Gasteiger partial charge on any atom is -0.310 e. The first-order valence-corrected chi connectivity index (χ1v) is 8.58. The minimum atomic E-state index is 0.487. The summed E-state index contributed by atoms with van der Waals surface area (Å²) < 4.78 is 0. The highest BCUT2D eigenvalue weighted by molar-refractivity contribution is 5.28. The van der Waals surface area contributed by atoms with Crippen LogP contribution in [0.1, 0.15) is 76.5 Å². The lowest BCUT2D eigenvalue weighted by atomic mass is 9.73. The van der Waals surface area contributed by atoms with Gasteiger partial charge in [-0.25, -0.2) is 0 Å². The molecule has 0 heterocycles. The first-order valence-electron chi connectivity index (χ1n) is 8.58. The Morgan fingerprint density at radius 2 is 1.90 bits per heavy atom. The number of hydrogen-bond acceptors (Lipinski definition) is 1. The highest BCUT2D eigenvalue weighted by atomic mass is 14.9. The fourth-order valence-electron chi connectivity index (χ4n) is 4.03. The Hall–Kier alpha value is -0.820. The van der Waals surface area contributed by atoms with Crippen molar-refractivity contribution >= 4 is 0 Å². The SMILES string of the molecule is CCCc1cccc(C(NCC)C2(CC)CCCC2)c1. The van der Waals surface area contributed by atoms with E-state index in [4.69, 9.17) is 0 Å². The normalized spacial score (nSPS) is 19.1. The maximum atomic E-state index is 3.80. The fraction of sp³-hybridized carbons (Fsp3) is 0.684.